The summed E-state index contributed by atoms with van der Waals surface area (Å²) in [7, 11) is 0. The van der Waals surface area contributed by atoms with Crippen LogP contribution in [-0.2, 0) is 4.79 Å². The van der Waals surface area contributed by atoms with Crippen molar-refractivity contribution in [3.63, 3.8) is 0 Å². The number of hydrogen-bond donors (Lipinski definition) is 1. The van der Waals surface area contributed by atoms with Gasteiger partial charge in [-0.3, -0.25) is 9.59 Å². The Morgan fingerprint density at radius 3 is 2.48 bits per heavy atom. The number of hydrogen-bond acceptors (Lipinski definition) is 3. The van der Waals surface area contributed by atoms with Crippen molar-refractivity contribution >= 4 is 23.2 Å². The van der Waals surface area contributed by atoms with Crippen LogP contribution < -0.4 is 5.32 Å². The highest BCUT2D eigenvalue weighted by Crippen LogP contribution is 2.22. The largest absolute Gasteiger partial charge is 0.353 e. The first-order valence-electron chi connectivity index (χ1n) is 7.87. The van der Waals surface area contributed by atoms with E-state index >= 15 is 0 Å². The van der Waals surface area contributed by atoms with Crippen molar-refractivity contribution < 1.29 is 9.59 Å². The maximum atomic E-state index is 12.2. The third kappa shape index (κ3) is 3.46. The Morgan fingerprint density at radius 1 is 1.14 bits per heavy atom. The molecule has 1 aliphatic carbocycles. The summed E-state index contributed by atoms with van der Waals surface area (Å²) in [5.74, 6) is 0.179. The maximum absolute atomic E-state index is 12.2. The van der Waals surface area contributed by atoms with Crippen LogP contribution in [0.3, 0.4) is 0 Å². The molecule has 1 aromatic rings. The smallest absolute Gasteiger partial charge is 0.263 e. The van der Waals surface area contributed by atoms with E-state index in [1.807, 2.05) is 17.5 Å². The van der Waals surface area contributed by atoms with E-state index in [1.165, 1.54) is 37.0 Å². The number of likely N-dealkylation sites (tertiary alicyclic amines) is 1. The Morgan fingerprint density at radius 2 is 1.86 bits per heavy atom. The van der Waals surface area contributed by atoms with Gasteiger partial charge in [0.1, 0.15) is 0 Å². The molecule has 0 aromatic carbocycles. The zero-order valence-electron chi connectivity index (χ0n) is 12.2. The molecule has 1 aliphatic heterocycles. The molecule has 0 atom stereocenters. The van der Waals surface area contributed by atoms with Crippen molar-refractivity contribution in [1.82, 2.24) is 10.2 Å². The molecule has 114 valence electrons. The van der Waals surface area contributed by atoms with Gasteiger partial charge in [0.25, 0.3) is 5.91 Å². The summed E-state index contributed by atoms with van der Waals surface area (Å²) in [5.41, 5.74) is 0. The lowest BCUT2D eigenvalue weighted by Crippen LogP contribution is -2.56. The summed E-state index contributed by atoms with van der Waals surface area (Å²) in [6, 6.07) is 4.07. The van der Waals surface area contributed by atoms with E-state index in [-0.39, 0.29) is 17.7 Å². The number of carbonyl (C=O) groups excluding carboxylic acids is 2. The molecule has 0 unspecified atom stereocenters. The third-order valence-electron chi connectivity index (χ3n) is 4.47. The molecular weight excluding hydrogens is 284 g/mol. The van der Waals surface area contributed by atoms with Crippen LogP contribution in [0.15, 0.2) is 17.5 Å². The van der Waals surface area contributed by atoms with E-state index in [2.05, 4.69) is 5.32 Å². The molecule has 0 spiro atoms. The fourth-order valence-electron chi connectivity index (χ4n) is 3.11. The number of thiophene rings is 1. The number of amides is 2. The lowest BCUT2D eigenvalue weighted by molar-refractivity contribution is -0.129. The summed E-state index contributed by atoms with van der Waals surface area (Å²) in [6.45, 7) is 1.13. The normalized spacial score (nSPS) is 20.7. The van der Waals surface area contributed by atoms with E-state index in [0.717, 1.165) is 17.7 Å². The minimum atomic E-state index is -0.0165. The molecule has 3 rings (SSSR count). The standard InChI is InChI=1S/C16H22N2O2S/c19-15(17-13-6-3-1-2-4-7-13)12-10-18(11-12)16(20)14-8-5-9-21-14/h5,8-9,12-13H,1-4,6-7,10-11H2,(H,17,19). The summed E-state index contributed by atoms with van der Waals surface area (Å²) in [4.78, 5) is 26.8. The Labute approximate surface area is 129 Å². The van der Waals surface area contributed by atoms with Crippen LogP contribution in [0, 0.1) is 5.92 Å². The molecule has 4 nitrogen and oxygen atoms in total. The van der Waals surface area contributed by atoms with Crippen LogP contribution in [0.5, 0.6) is 0 Å². The van der Waals surface area contributed by atoms with Gasteiger partial charge in [0.15, 0.2) is 0 Å². The molecule has 1 saturated carbocycles. The first-order valence-corrected chi connectivity index (χ1v) is 8.75. The zero-order chi connectivity index (χ0) is 14.7. The highest BCUT2D eigenvalue weighted by molar-refractivity contribution is 7.12. The summed E-state index contributed by atoms with van der Waals surface area (Å²) < 4.78 is 0. The van der Waals surface area contributed by atoms with Crippen LogP contribution in [0.1, 0.15) is 48.2 Å². The van der Waals surface area contributed by atoms with Crippen LogP contribution in [0.2, 0.25) is 0 Å². The van der Waals surface area contributed by atoms with Gasteiger partial charge in [-0.1, -0.05) is 31.7 Å². The second-order valence-electron chi connectivity index (χ2n) is 6.08. The molecule has 2 aliphatic rings. The maximum Gasteiger partial charge on any atom is 0.263 e. The quantitative estimate of drug-likeness (QED) is 0.873. The molecule has 1 N–H and O–H groups in total. The second-order valence-corrected chi connectivity index (χ2v) is 7.03. The van der Waals surface area contributed by atoms with Gasteiger partial charge in [-0.25, -0.2) is 0 Å². The molecule has 2 fully saturated rings. The minimum Gasteiger partial charge on any atom is -0.353 e. The summed E-state index contributed by atoms with van der Waals surface area (Å²) in [5, 5.41) is 5.09. The van der Waals surface area contributed by atoms with Crippen LogP contribution in [0.4, 0.5) is 0 Å². The Kier molecular flexibility index (Phi) is 4.58. The first-order chi connectivity index (χ1) is 10.2. The van der Waals surface area contributed by atoms with Crippen molar-refractivity contribution in [1.29, 1.82) is 0 Å². The SMILES string of the molecule is O=C(NC1CCCCCC1)C1CN(C(=O)c2cccs2)C1. The van der Waals surface area contributed by atoms with Gasteiger partial charge in [-0.2, -0.15) is 0 Å². The van der Waals surface area contributed by atoms with Gasteiger partial charge in [0.2, 0.25) is 5.91 Å². The first kappa shape index (κ1) is 14.6. The number of carbonyl (C=O) groups is 2. The van der Waals surface area contributed by atoms with Gasteiger partial charge < -0.3 is 10.2 Å². The highest BCUT2D eigenvalue weighted by Gasteiger charge is 2.36. The van der Waals surface area contributed by atoms with Crippen molar-refractivity contribution in [2.45, 2.75) is 44.6 Å². The molecule has 1 aromatic heterocycles. The van der Waals surface area contributed by atoms with E-state index in [0.29, 0.717) is 19.1 Å². The van der Waals surface area contributed by atoms with E-state index in [9.17, 15) is 9.59 Å². The van der Waals surface area contributed by atoms with Gasteiger partial charge in [0.05, 0.1) is 10.8 Å². The fourth-order valence-corrected chi connectivity index (χ4v) is 3.80. The van der Waals surface area contributed by atoms with Crippen molar-refractivity contribution in [2.24, 2.45) is 5.92 Å². The Hall–Kier alpha value is -1.36. The predicted molar refractivity (Wildman–Crippen MR) is 83.3 cm³/mol. The summed E-state index contributed by atoms with van der Waals surface area (Å²) >= 11 is 1.46. The predicted octanol–water partition coefficient (Wildman–Crippen LogP) is 2.66. The Balaban J connectivity index is 1.45. The van der Waals surface area contributed by atoms with Crippen molar-refractivity contribution in [3.8, 4) is 0 Å². The topological polar surface area (TPSA) is 49.4 Å². The third-order valence-corrected chi connectivity index (χ3v) is 5.33. The molecule has 0 radical (unpaired) electrons. The molecule has 1 saturated heterocycles. The van der Waals surface area contributed by atoms with Crippen molar-refractivity contribution in [3.05, 3.63) is 22.4 Å². The number of nitrogens with zero attached hydrogens (tertiary/aromatic N) is 1. The number of rotatable bonds is 3. The Bertz CT molecular complexity index is 486. The average molecular weight is 306 g/mol. The average Bonchev–Trinajstić information content (AvgIpc) is 2.83. The molecule has 0 bridgehead atoms. The molecule has 2 amide bonds. The van der Waals surface area contributed by atoms with E-state index < -0.39 is 0 Å². The second kappa shape index (κ2) is 6.60. The van der Waals surface area contributed by atoms with Crippen molar-refractivity contribution in [2.75, 3.05) is 13.1 Å². The van der Waals surface area contributed by atoms with Gasteiger partial charge in [-0.05, 0) is 24.3 Å². The highest BCUT2D eigenvalue weighted by atomic mass is 32.1. The zero-order valence-corrected chi connectivity index (χ0v) is 13.0. The van der Waals surface area contributed by atoms with Gasteiger partial charge in [0, 0.05) is 19.1 Å². The molecular formula is C16H22N2O2S. The fraction of sp³-hybridized carbons (Fsp3) is 0.625. The van der Waals surface area contributed by atoms with Crippen LogP contribution >= 0.6 is 11.3 Å². The lowest BCUT2D eigenvalue weighted by Gasteiger charge is -2.38. The van der Waals surface area contributed by atoms with Gasteiger partial charge in [-0.15, -0.1) is 11.3 Å². The lowest BCUT2D eigenvalue weighted by atomic mass is 9.97. The molecule has 2 heterocycles. The molecule has 21 heavy (non-hydrogen) atoms. The minimum absolute atomic E-state index is 0.0165. The van der Waals surface area contributed by atoms with Gasteiger partial charge >= 0.3 is 0 Å². The summed E-state index contributed by atoms with van der Waals surface area (Å²) in [6.07, 6.45) is 7.24. The van der Waals surface area contributed by atoms with E-state index in [4.69, 9.17) is 0 Å². The van der Waals surface area contributed by atoms with Crippen LogP contribution in [0.25, 0.3) is 0 Å². The van der Waals surface area contributed by atoms with Crippen LogP contribution in [-0.4, -0.2) is 35.8 Å². The van der Waals surface area contributed by atoms with E-state index in [1.54, 1.807) is 4.90 Å². The molecule has 5 heteroatoms. The number of nitrogens with one attached hydrogen (secondary N) is 1. The monoisotopic (exact) mass is 306 g/mol.